The fourth-order valence-electron chi connectivity index (χ4n) is 1.53. The molecular weight excluding hydrogens is 244 g/mol. The molecule has 2 aromatic rings. The third-order valence-electron chi connectivity index (χ3n) is 2.42. The molecule has 0 bridgehead atoms. The van der Waals surface area contributed by atoms with Gasteiger partial charge in [-0.1, -0.05) is 35.2 Å². The molecule has 5 heteroatoms. The maximum absolute atomic E-state index is 11.7. The number of hydrogen-bond acceptors (Lipinski definition) is 4. The topological polar surface area (TPSA) is 75.4 Å². The number of carbonyl (C=O) groups is 1. The van der Waals surface area contributed by atoms with Gasteiger partial charge in [-0.15, -0.1) is 0 Å². The lowest BCUT2D eigenvalue weighted by molar-refractivity contribution is 0.0914. The molecule has 0 unspecified atom stereocenters. The van der Waals surface area contributed by atoms with E-state index in [0.29, 0.717) is 6.54 Å². The Hall–Kier alpha value is -2.58. The quantitative estimate of drug-likeness (QED) is 0.802. The summed E-state index contributed by atoms with van der Waals surface area (Å²) in [6.45, 7) is 0.134. The first kappa shape index (κ1) is 12.9. The van der Waals surface area contributed by atoms with Gasteiger partial charge in [-0.25, -0.2) is 0 Å². The van der Waals surface area contributed by atoms with E-state index in [1.54, 1.807) is 0 Å². The zero-order valence-corrected chi connectivity index (χ0v) is 10.1. The minimum atomic E-state index is -0.331. The van der Waals surface area contributed by atoms with E-state index in [1.807, 2.05) is 24.3 Å². The Labute approximate surface area is 110 Å². The monoisotopic (exact) mass is 256 g/mol. The maximum atomic E-state index is 11.7. The Balaban J connectivity index is 2.05. The van der Waals surface area contributed by atoms with Crippen molar-refractivity contribution in [3.05, 3.63) is 53.4 Å². The summed E-state index contributed by atoms with van der Waals surface area (Å²) < 4.78 is 4.76. The number of rotatable bonds is 3. The summed E-state index contributed by atoms with van der Waals surface area (Å²) in [5.74, 6) is 5.25. The molecule has 1 heterocycles. The van der Waals surface area contributed by atoms with Crippen molar-refractivity contribution < 1.29 is 14.4 Å². The average molecular weight is 256 g/mol. The summed E-state index contributed by atoms with van der Waals surface area (Å²) >= 11 is 0. The number of carbonyl (C=O) groups excluding carboxylic acids is 1. The molecule has 1 amide bonds. The van der Waals surface area contributed by atoms with Crippen molar-refractivity contribution in [2.45, 2.75) is 6.54 Å². The first-order valence-corrected chi connectivity index (χ1v) is 5.68. The first-order chi connectivity index (χ1) is 9.31. The van der Waals surface area contributed by atoms with Crippen molar-refractivity contribution in [3.8, 4) is 11.8 Å². The molecule has 0 saturated carbocycles. The van der Waals surface area contributed by atoms with Gasteiger partial charge in [-0.2, -0.15) is 0 Å². The normalized spacial score (nSPS) is 9.53. The van der Waals surface area contributed by atoms with Crippen molar-refractivity contribution in [2.24, 2.45) is 0 Å². The van der Waals surface area contributed by atoms with Crippen molar-refractivity contribution in [1.82, 2.24) is 10.5 Å². The van der Waals surface area contributed by atoms with E-state index in [9.17, 15) is 4.79 Å². The lowest BCUT2D eigenvalue weighted by Crippen LogP contribution is -2.22. The second-order valence-electron chi connectivity index (χ2n) is 3.68. The van der Waals surface area contributed by atoms with Gasteiger partial charge < -0.3 is 14.9 Å². The molecule has 0 radical (unpaired) electrons. The van der Waals surface area contributed by atoms with Crippen LogP contribution in [0, 0.1) is 11.8 Å². The molecule has 1 aromatic carbocycles. The number of amides is 1. The molecule has 0 atom stereocenters. The van der Waals surface area contributed by atoms with Crippen LogP contribution in [0.1, 0.15) is 21.7 Å². The third-order valence-corrected chi connectivity index (χ3v) is 2.42. The predicted octanol–water partition coefficient (Wildman–Crippen LogP) is 0.948. The highest BCUT2D eigenvalue weighted by Crippen LogP contribution is 2.07. The van der Waals surface area contributed by atoms with E-state index >= 15 is 0 Å². The highest BCUT2D eigenvalue weighted by Gasteiger charge is 2.09. The lowest BCUT2D eigenvalue weighted by atomic mass is 10.1. The van der Waals surface area contributed by atoms with Gasteiger partial charge in [-0.05, 0) is 11.6 Å². The summed E-state index contributed by atoms with van der Waals surface area (Å²) in [5, 5.41) is 14.9. The van der Waals surface area contributed by atoms with Gasteiger partial charge in [0.05, 0.1) is 6.20 Å². The Morgan fingerprint density at radius 2 is 2.21 bits per heavy atom. The number of benzene rings is 1. The zero-order valence-electron chi connectivity index (χ0n) is 10.1. The molecule has 0 aliphatic carbocycles. The second-order valence-corrected chi connectivity index (χ2v) is 3.68. The van der Waals surface area contributed by atoms with E-state index in [4.69, 9.17) is 9.63 Å². The molecule has 0 spiro atoms. The summed E-state index contributed by atoms with van der Waals surface area (Å²) in [7, 11) is 0. The van der Waals surface area contributed by atoms with Crippen LogP contribution in [0.2, 0.25) is 0 Å². The summed E-state index contributed by atoms with van der Waals surface area (Å²) in [6.07, 6.45) is 1.41. The van der Waals surface area contributed by atoms with Crippen LogP contribution >= 0.6 is 0 Å². The summed E-state index contributed by atoms with van der Waals surface area (Å²) in [4.78, 5) is 11.7. The van der Waals surface area contributed by atoms with Gasteiger partial charge in [0.15, 0.2) is 0 Å². The number of hydrogen-bond donors (Lipinski definition) is 2. The molecule has 0 aliphatic rings. The van der Waals surface area contributed by atoms with Crippen molar-refractivity contribution >= 4 is 5.91 Å². The number of aliphatic hydroxyl groups excluding tert-OH is 1. The van der Waals surface area contributed by atoms with E-state index in [0.717, 1.165) is 11.1 Å². The maximum Gasteiger partial charge on any atom is 0.290 e. The molecule has 0 aliphatic heterocycles. The van der Waals surface area contributed by atoms with Crippen LogP contribution in [-0.4, -0.2) is 22.8 Å². The molecular formula is C14H12N2O3. The van der Waals surface area contributed by atoms with Crippen LogP contribution in [0.15, 0.2) is 41.1 Å². The highest BCUT2D eigenvalue weighted by molar-refractivity contribution is 5.91. The van der Waals surface area contributed by atoms with Crippen molar-refractivity contribution in [1.29, 1.82) is 0 Å². The molecule has 0 saturated heterocycles. The minimum absolute atomic E-state index is 0.166. The molecule has 2 N–H and O–H groups in total. The van der Waals surface area contributed by atoms with Crippen LogP contribution < -0.4 is 5.32 Å². The number of nitrogens with zero attached hydrogens (tertiary/aromatic N) is 1. The smallest absolute Gasteiger partial charge is 0.290 e. The zero-order chi connectivity index (χ0) is 13.5. The first-order valence-electron chi connectivity index (χ1n) is 5.68. The SMILES string of the molecule is O=C(NCc1ccccc1C#CCO)c1ccno1. The predicted molar refractivity (Wildman–Crippen MR) is 68.1 cm³/mol. The molecule has 19 heavy (non-hydrogen) atoms. The average Bonchev–Trinajstić information content (AvgIpc) is 2.97. The Bertz CT molecular complexity index is 609. The van der Waals surface area contributed by atoms with Gasteiger partial charge in [-0.3, -0.25) is 4.79 Å². The largest absolute Gasteiger partial charge is 0.384 e. The molecule has 0 fully saturated rings. The van der Waals surface area contributed by atoms with E-state index in [2.05, 4.69) is 22.3 Å². The van der Waals surface area contributed by atoms with Crippen LogP contribution in [0.25, 0.3) is 0 Å². The number of nitrogens with one attached hydrogen (secondary N) is 1. The van der Waals surface area contributed by atoms with E-state index < -0.39 is 0 Å². The standard InChI is InChI=1S/C14H12N2O3/c17-9-3-6-11-4-1-2-5-12(11)10-15-14(18)13-7-8-16-19-13/h1-2,4-5,7-8,17H,9-10H2,(H,15,18). The van der Waals surface area contributed by atoms with Crippen LogP contribution in [-0.2, 0) is 6.54 Å². The molecule has 2 rings (SSSR count). The molecule has 5 nitrogen and oxygen atoms in total. The fourth-order valence-corrected chi connectivity index (χ4v) is 1.53. The summed E-state index contributed by atoms with van der Waals surface area (Å²) in [5.41, 5.74) is 1.64. The van der Waals surface area contributed by atoms with E-state index in [1.165, 1.54) is 12.3 Å². The van der Waals surface area contributed by atoms with Crippen LogP contribution in [0.4, 0.5) is 0 Å². The van der Waals surface area contributed by atoms with Gasteiger partial charge >= 0.3 is 0 Å². The van der Waals surface area contributed by atoms with E-state index in [-0.39, 0.29) is 18.3 Å². The number of aromatic nitrogens is 1. The van der Waals surface area contributed by atoms with Crippen molar-refractivity contribution in [3.63, 3.8) is 0 Å². The Morgan fingerprint density at radius 3 is 2.95 bits per heavy atom. The van der Waals surface area contributed by atoms with Crippen molar-refractivity contribution in [2.75, 3.05) is 6.61 Å². The van der Waals surface area contributed by atoms with Crippen LogP contribution in [0.5, 0.6) is 0 Å². The Morgan fingerprint density at radius 1 is 1.37 bits per heavy atom. The Kier molecular flexibility index (Phi) is 4.32. The molecule has 1 aromatic heterocycles. The lowest BCUT2D eigenvalue weighted by Gasteiger charge is -2.05. The molecule has 96 valence electrons. The number of aliphatic hydroxyl groups is 1. The van der Waals surface area contributed by atoms with Gasteiger partial charge in [0.2, 0.25) is 5.76 Å². The van der Waals surface area contributed by atoms with Gasteiger partial charge in [0.1, 0.15) is 6.61 Å². The minimum Gasteiger partial charge on any atom is -0.384 e. The van der Waals surface area contributed by atoms with Gasteiger partial charge in [0.25, 0.3) is 5.91 Å². The van der Waals surface area contributed by atoms with Crippen LogP contribution in [0.3, 0.4) is 0 Å². The summed E-state index contributed by atoms with van der Waals surface area (Å²) in [6, 6.07) is 8.90. The van der Waals surface area contributed by atoms with Gasteiger partial charge in [0, 0.05) is 18.2 Å². The second kappa shape index (κ2) is 6.38. The third kappa shape index (κ3) is 3.44. The fraction of sp³-hybridized carbons (Fsp3) is 0.143. The highest BCUT2D eigenvalue weighted by atomic mass is 16.5.